The van der Waals surface area contributed by atoms with Crippen LogP contribution in [-0.4, -0.2) is 84.7 Å². The van der Waals surface area contributed by atoms with Gasteiger partial charge in [0.15, 0.2) is 0 Å². The number of aromatic nitrogens is 2. The largest absolute Gasteiger partial charge is 0.380 e. The number of hydrogen-bond donors (Lipinski definition) is 0. The van der Waals surface area contributed by atoms with E-state index >= 15 is 0 Å². The molecule has 0 saturated carbocycles. The number of ether oxygens (including phenoxy) is 1. The van der Waals surface area contributed by atoms with Crippen molar-refractivity contribution in [2.75, 3.05) is 51.8 Å². The van der Waals surface area contributed by atoms with Crippen LogP contribution in [0.4, 0.5) is 5.82 Å². The van der Waals surface area contributed by atoms with E-state index in [1.54, 1.807) is 36.7 Å². The molecule has 7 nitrogen and oxygen atoms in total. The maximum Gasteiger partial charge on any atom is 0.253 e. The van der Waals surface area contributed by atoms with Gasteiger partial charge in [-0.05, 0) is 69.2 Å². The summed E-state index contributed by atoms with van der Waals surface area (Å²) in [5.74, 6) is 1.67. The molecule has 6 rings (SSSR count). The fraction of sp³-hybridized carbons (Fsp3) is 0.552. The highest BCUT2D eigenvalue weighted by atomic mass is 32.1. The molecule has 3 aliphatic rings. The Morgan fingerprint density at radius 1 is 1.08 bits per heavy atom. The summed E-state index contributed by atoms with van der Waals surface area (Å²) in [6, 6.07) is 8.88. The summed E-state index contributed by atoms with van der Waals surface area (Å²) >= 11 is 1.64. The molecule has 8 heteroatoms. The van der Waals surface area contributed by atoms with E-state index in [9.17, 15) is 4.79 Å². The van der Waals surface area contributed by atoms with Crippen LogP contribution in [0, 0.1) is 5.92 Å². The maximum absolute atomic E-state index is 13.0. The van der Waals surface area contributed by atoms with Crippen molar-refractivity contribution in [2.45, 2.75) is 50.6 Å². The second-order valence-electron chi connectivity index (χ2n) is 11.0. The molecule has 5 heterocycles. The molecular formula is C29H37N5O2S. The van der Waals surface area contributed by atoms with Crippen molar-refractivity contribution >= 4 is 33.3 Å². The zero-order valence-electron chi connectivity index (χ0n) is 21.9. The molecule has 2 unspecified atom stereocenters. The van der Waals surface area contributed by atoms with E-state index in [4.69, 9.17) is 9.72 Å². The van der Waals surface area contributed by atoms with Crippen molar-refractivity contribution < 1.29 is 9.53 Å². The van der Waals surface area contributed by atoms with E-state index in [1.807, 2.05) is 18.2 Å². The third-order valence-corrected chi connectivity index (χ3v) is 9.27. The number of carbonyl (C=O) groups excluding carboxylic acids is 1. The van der Waals surface area contributed by atoms with Crippen molar-refractivity contribution in [2.24, 2.45) is 5.92 Å². The van der Waals surface area contributed by atoms with Crippen LogP contribution in [0.15, 0.2) is 36.0 Å². The quantitative estimate of drug-likeness (QED) is 0.394. The van der Waals surface area contributed by atoms with Gasteiger partial charge in [0.1, 0.15) is 17.0 Å². The number of piperidine rings is 1. The van der Waals surface area contributed by atoms with E-state index in [0.29, 0.717) is 18.0 Å². The first-order valence-corrected chi connectivity index (χ1v) is 14.6. The van der Waals surface area contributed by atoms with E-state index in [1.165, 1.54) is 38.8 Å². The molecule has 0 radical (unpaired) electrons. The van der Waals surface area contributed by atoms with E-state index in [0.717, 1.165) is 65.3 Å². The molecule has 3 aromatic rings. The molecule has 2 aromatic heterocycles. The van der Waals surface area contributed by atoms with Crippen molar-refractivity contribution in [3.63, 3.8) is 0 Å². The number of nitrogens with zero attached hydrogens (tertiary/aromatic N) is 5. The molecular weight excluding hydrogens is 482 g/mol. The molecule has 1 aromatic carbocycles. The number of amides is 1. The zero-order chi connectivity index (χ0) is 25.4. The molecule has 2 atom stereocenters. The third kappa shape index (κ3) is 4.87. The summed E-state index contributed by atoms with van der Waals surface area (Å²) in [6.45, 7) is 5.27. The summed E-state index contributed by atoms with van der Waals surface area (Å²) in [7, 11) is 3.61. The summed E-state index contributed by atoms with van der Waals surface area (Å²) < 4.78 is 6.17. The maximum atomic E-state index is 13.0. The zero-order valence-corrected chi connectivity index (χ0v) is 22.8. The first kappa shape index (κ1) is 24.8. The van der Waals surface area contributed by atoms with Gasteiger partial charge in [-0.25, -0.2) is 9.97 Å². The van der Waals surface area contributed by atoms with Gasteiger partial charge in [-0.2, -0.15) is 0 Å². The lowest BCUT2D eigenvalue weighted by molar-refractivity contribution is 0.0700. The highest BCUT2D eigenvalue weighted by Gasteiger charge is 2.42. The number of anilines is 1. The molecule has 37 heavy (non-hydrogen) atoms. The van der Waals surface area contributed by atoms with Crippen molar-refractivity contribution in [1.82, 2.24) is 19.8 Å². The van der Waals surface area contributed by atoms with Crippen LogP contribution < -0.4 is 4.90 Å². The number of thiophene rings is 1. The van der Waals surface area contributed by atoms with Gasteiger partial charge in [0, 0.05) is 55.8 Å². The van der Waals surface area contributed by atoms with Gasteiger partial charge in [-0.15, -0.1) is 11.3 Å². The Balaban J connectivity index is 1.23. The Hall–Kier alpha value is -2.55. The number of likely N-dealkylation sites (tertiary alicyclic amines) is 1. The minimum atomic E-state index is 0.0129. The van der Waals surface area contributed by atoms with Crippen molar-refractivity contribution in [3.05, 3.63) is 41.5 Å². The van der Waals surface area contributed by atoms with E-state index < -0.39 is 0 Å². The van der Waals surface area contributed by atoms with Crippen LogP contribution in [0.1, 0.15) is 48.9 Å². The van der Waals surface area contributed by atoms with Gasteiger partial charge in [0.2, 0.25) is 0 Å². The molecule has 0 aliphatic carbocycles. The monoisotopic (exact) mass is 519 g/mol. The molecule has 2 bridgehead atoms. The van der Waals surface area contributed by atoms with Crippen LogP contribution in [-0.2, 0) is 4.74 Å². The molecule has 0 spiro atoms. The predicted octanol–water partition coefficient (Wildman–Crippen LogP) is 4.92. The van der Waals surface area contributed by atoms with Gasteiger partial charge >= 0.3 is 0 Å². The minimum Gasteiger partial charge on any atom is -0.380 e. The smallest absolute Gasteiger partial charge is 0.253 e. The predicted molar refractivity (Wildman–Crippen MR) is 149 cm³/mol. The number of fused-ring (bicyclic) bond motifs is 3. The Morgan fingerprint density at radius 2 is 1.84 bits per heavy atom. The van der Waals surface area contributed by atoms with E-state index in [-0.39, 0.29) is 5.91 Å². The van der Waals surface area contributed by atoms with Crippen LogP contribution in [0.3, 0.4) is 0 Å². The van der Waals surface area contributed by atoms with Gasteiger partial charge < -0.3 is 19.4 Å². The molecule has 3 saturated heterocycles. The Labute approximate surface area is 223 Å². The molecule has 0 N–H and O–H groups in total. The van der Waals surface area contributed by atoms with Crippen molar-refractivity contribution in [1.29, 1.82) is 0 Å². The summed E-state index contributed by atoms with van der Waals surface area (Å²) in [6.07, 6.45) is 9.10. The molecule has 3 aliphatic heterocycles. The highest BCUT2D eigenvalue weighted by Crippen LogP contribution is 2.46. The number of hydrogen-bond acceptors (Lipinski definition) is 7. The average Bonchev–Trinajstić information content (AvgIpc) is 3.64. The standard InChI is InChI=1S/C29H37N5O2S/c1-32(2)29(35)24-8-4-3-7-23(24)25-18-37-28-26(25)27(30-19-31-28)34-21-9-10-22(34)16-20(15-21)17-36-14-13-33-11-5-6-12-33/h3-4,7-8,18-22H,5-6,9-17H2,1-2H3. The Morgan fingerprint density at radius 3 is 2.59 bits per heavy atom. The molecule has 196 valence electrons. The Kier molecular flexibility index (Phi) is 7.14. The van der Waals surface area contributed by atoms with Crippen molar-refractivity contribution in [3.8, 4) is 11.1 Å². The van der Waals surface area contributed by atoms with Crippen LogP contribution in [0.25, 0.3) is 21.3 Å². The first-order valence-electron chi connectivity index (χ1n) is 13.7. The second kappa shape index (κ2) is 10.7. The van der Waals surface area contributed by atoms with E-state index in [2.05, 4.69) is 26.2 Å². The minimum absolute atomic E-state index is 0.0129. The average molecular weight is 520 g/mol. The molecule has 3 fully saturated rings. The van der Waals surface area contributed by atoms with Crippen LogP contribution in [0.5, 0.6) is 0 Å². The van der Waals surface area contributed by atoms with Crippen LogP contribution in [0.2, 0.25) is 0 Å². The highest BCUT2D eigenvalue weighted by molar-refractivity contribution is 7.17. The summed E-state index contributed by atoms with van der Waals surface area (Å²) in [5, 5.41) is 3.23. The fourth-order valence-electron chi connectivity index (χ4n) is 6.62. The lowest BCUT2D eigenvalue weighted by Crippen LogP contribution is -2.44. The Bertz CT molecular complexity index is 1240. The lowest BCUT2D eigenvalue weighted by atomic mass is 9.90. The fourth-order valence-corrected chi connectivity index (χ4v) is 7.52. The van der Waals surface area contributed by atoms with Gasteiger partial charge in [0.25, 0.3) is 5.91 Å². The third-order valence-electron chi connectivity index (χ3n) is 8.38. The number of rotatable bonds is 8. The topological polar surface area (TPSA) is 61.8 Å². The second-order valence-corrected chi connectivity index (χ2v) is 11.9. The van der Waals surface area contributed by atoms with Gasteiger partial charge in [-0.1, -0.05) is 18.2 Å². The van der Waals surface area contributed by atoms with Gasteiger partial charge in [-0.3, -0.25) is 4.79 Å². The number of benzene rings is 1. The molecule has 1 amide bonds. The van der Waals surface area contributed by atoms with Crippen LogP contribution >= 0.6 is 11.3 Å². The normalized spacial score (nSPS) is 23.7. The number of carbonyl (C=O) groups is 1. The summed E-state index contributed by atoms with van der Waals surface area (Å²) in [5.41, 5.74) is 2.74. The van der Waals surface area contributed by atoms with Gasteiger partial charge in [0.05, 0.1) is 12.0 Å². The lowest BCUT2D eigenvalue weighted by Gasteiger charge is -2.40. The SMILES string of the molecule is CN(C)C(=O)c1ccccc1-c1csc2ncnc(N3C4CCC3CC(COCCN3CCCC3)C4)c12. The summed E-state index contributed by atoms with van der Waals surface area (Å²) in [4.78, 5) is 30.2. The first-order chi connectivity index (χ1) is 18.1.